The first-order chi connectivity index (χ1) is 17.9. The maximum absolute atomic E-state index is 14.6. The van der Waals surface area contributed by atoms with Crippen LogP contribution in [0.4, 0.5) is 25.8 Å². The van der Waals surface area contributed by atoms with Crippen molar-refractivity contribution in [2.75, 3.05) is 28.2 Å². The van der Waals surface area contributed by atoms with Crippen LogP contribution in [0.2, 0.25) is 0 Å². The highest BCUT2D eigenvalue weighted by Gasteiger charge is 2.29. The monoisotopic (exact) mass is 501 g/mol. The maximum Gasteiger partial charge on any atom is 0.259 e. The molecule has 188 valence electrons. The molecule has 2 aliphatic heterocycles. The number of carbonyl (C=O) groups excluding carboxylic acids is 2. The molecule has 6 rings (SSSR count). The number of halogens is 2. The molecule has 1 N–H and O–H groups in total. The van der Waals surface area contributed by atoms with E-state index in [4.69, 9.17) is 0 Å². The number of nitrogens with zero attached hydrogens (tertiary/aromatic N) is 4. The Bertz CT molecular complexity index is 1550. The summed E-state index contributed by atoms with van der Waals surface area (Å²) in [6, 6.07) is 12.6. The summed E-state index contributed by atoms with van der Waals surface area (Å²) in [6.07, 6.45) is 5.61. The summed E-state index contributed by atoms with van der Waals surface area (Å²) < 4.78 is 30.1. The van der Waals surface area contributed by atoms with E-state index in [1.807, 2.05) is 35.2 Å². The molecule has 0 saturated carbocycles. The molecule has 0 unspecified atom stereocenters. The van der Waals surface area contributed by atoms with Gasteiger partial charge in [-0.2, -0.15) is 5.10 Å². The summed E-state index contributed by atoms with van der Waals surface area (Å²) in [5, 5.41) is 7.25. The lowest BCUT2D eigenvalue weighted by atomic mass is 10.0. The third-order valence-electron chi connectivity index (χ3n) is 7.27. The molecule has 9 heteroatoms. The highest BCUT2D eigenvalue weighted by Crippen LogP contribution is 2.38. The Hall–Kier alpha value is -4.27. The van der Waals surface area contributed by atoms with Gasteiger partial charge in [-0.05, 0) is 67.3 Å². The zero-order valence-corrected chi connectivity index (χ0v) is 20.2. The van der Waals surface area contributed by atoms with Crippen LogP contribution < -0.4 is 15.1 Å². The van der Waals surface area contributed by atoms with Crippen LogP contribution in [0.3, 0.4) is 0 Å². The second-order valence-corrected chi connectivity index (χ2v) is 9.51. The van der Waals surface area contributed by atoms with Crippen molar-refractivity contribution in [3.05, 3.63) is 89.2 Å². The lowest BCUT2D eigenvalue weighted by Gasteiger charge is -2.27. The second-order valence-electron chi connectivity index (χ2n) is 9.51. The lowest BCUT2D eigenvalue weighted by molar-refractivity contribution is -0.116. The summed E-state index contributed by atoms with van der Waals surface area (Å²) in [7, 11) is 0. The number of carbonyl (C=O) groups is 2. The van der Waals surface area contributed by atoms with Gasteiger partial charge in [0.1, 0.15) is 11.6 Å². The van der Waals surface area contributed by atoms with Crippen molar-refractivity contribution < 1.29 is 18.4 Å². The number of amides is 2. The molecule has 0 bridgehead atoms. The summed E-state index contributed by atoms with van der Waals surface area (Å²) in [6.45, 7) is 2.86. The van der Waals surface area contributed by atoms with Crippen LogP contribution in [0, 0.1) is 11.6 Å². The van der Waals surface area contributed by atoms with Gasteiger partial charge in [0.2, 0.25) is 5.91 Å². The molecule has 7 nitrogen and oxygen atoms in total. The third kappa shape index (κ3) is 4.10. The van der Waals surface area contributed by atoms with Crippen LogP contribution in [0.1, 0.15) is 47.3 Å². The zero-order valence-electron chi connectivity index (χ0n) is 20.2. The number of hydrogen-bond donors (Lipinski definition) is 1. The highest BCUT2D eigenvalue weighted by atomic mass is 19.1. The smallest absolute Gasteiger partial charge is 0.259 e. The van der Waals surface area contributed by atoms with Crippen LogP contribution in [-0.4, -0.2) is 34.5 Å². The molecule has 2 aromatic carbocycles. The minimum absolute atomic E-state index is 0.0317. The van der Waals surface area contributed by atoms with Crippen molar-refractivity contribution in [3.8, 4) is 0 Å². The lowest BCUT2D eigenvalue weighted by Crippen LogP contribution is -2.25. The first-order valence-corrected chi connectivity index (χ1v) is 12.3. The van der Waals surface area contributed by atoms with E-state index < -0.39 is 11.6 Å². The normalized spacial score (nSPS) is 16.9. The molecule has 0 spiro atoms. The Kier molecular flexibility index (Phi) is 5.62. The Morgan fingerprint density at radius 3 is 2.76 bits per heavy atom. The van der Waals surface area contributed by atoms with Crippen molar-refractivity contribution in [1.82, 2.24) is 9.61 Å². The van der Waals surface area contributed by atoms with Crippen LogP contribution in [-0.2, 0) is 11.2 Å². The fraction of sp³-hybridized carbons (Fsp3) is 0.250. The first kappa shape index (κ1) is 23.1. The molecular weight excluding hydrogens is 476 g/mol. The van der Waals surface area contributed by atoms with Crippen LogP contribution in [0.5, 0.6) is 0 Å². The minimum atomic E-state index is -0.466. The molecule has 1 fully saturated rings. The molecule has 0 aliphatic carbocycles. The molecule has 1 atom stereocenters. The Balaban J connectivity index is 1.29. The summed E-state index contributed by atoms with van der Waals surface area (Å²) in [4.78, 5) is 29.0. The predicted octanol–water partition coefficient (Wildman–Crippen LogP) is 5.12. The zero-order chi connectivity index (χ0) is 25.7. The second kappa shape index (κ2) is 8.99. The summed E-state index contributed by atoms with van der Waals surface area (Å²) in [5.41, 5.74) is 4.61. The van der Waals surface area contributed by atoms with Gasteiger partial charge in [0.25, 0.3) is 5.91 Å². The van der Waals surface area contributed by atoms with Gasteiger partial charge in [-0.3, -0.25) is 9.59 Å². The number of benzene rings is 2. The van der Waals surface area contributed by atoms with E-state index >= 15 is 0 Å². The van der Waals surface area contributed by atoms with E-state index in [2.05, 4.69) is 10.4 Å². The summed E-state index contributed by atoms with van der Waals surface area (Å²) >= 11 is 0. The fourth-order valence-electron chi connectivity index (χ4n) is 5.47. The van der Waals surface area contributed by atoms with E-state index in [1.165, 1.54) is 25.3 Å². The molecule has 2 amide bonds. The van der Waals surface area contributed by atoms with Gasteiger partial charge < -0.3 is 15.1 Å². The number of anilines is 3. The van der Waals surface area contributed by atoms with Gasteiger partial charge in [0, 0.05) is 48.8 Å². The Morgan fingerprint density at radius 1 is 1.05 bits per heavy atom. The van der Waals surface area contributed by atoms with Crippen molar-refractivity contribution in [2.45, 2.75) is 32.2 Å². The van der Waals surface area contributed by atoms with Crippen LogP contribution in [0.15, 0.2) is 60.9 Å². The van der Waals surface area contributed by atoms with E-state index in [9.17, 15) is 18.4 Å². The largest absolute Gasteiger partial charge is 0.364 e. The Morgan fingerprint density at radius 2 is 1.92 bits per heavy atom. The SMILES string of the molecule is CC(=O)N1CCc2ccc(NC(=O)c3cnn4ccc(N5CCC[C@@H]5c5cc(F)ccc5F)cc34)cc21. The molecule has 4 aromatic rings. The van der Waals surface area contributed by atoms with Gasteiger partial charge >= 0.3 is 0 Å². The maximum atomic E-state index is 14.6. The molecule has 37 heavy (non-hydrogen) atoms. The Labute approximate surface area is 212 Å². The molecule has 2 aliphatic rings. The van der Waals surface area contributed by atoms with Crippen LogP contribution >= 0.6 is 0 Å². The quantitative estimate of drug-likeness (QED) is 0.422. The van der Waals surface area contributed by atoms with Gasteiger partial charge in [-0.25, -0.2) is 13.3 Å². The highest BCUT2D eigenvalue weighted by molar-refractivity contribution is 6.09. The number of rotatable bonds is 4. The molecule has 1 saturated heterocycles. The van der Waals surface area contributed by atoms with Crippen molar-refractivity contribution >= 4 is 34.4 Å². The van der Waals surface area contributed by atoms with Crippen molar-refractivity contribution in [2.24, 2.45) is 0 Å². The van der Waals surface area contributed by atoms with Crippen molar-refractivity contribution in [3.63, 3.8) is 0 Å². The fourth-order valence-corrected chi connectivity index (χ4v) is 5.47. The number of fused-ring (bicyclic) bond motifs is 2. The minimum Gasteiger partial charge on any atom is -0.364 e. The van der Waals surface area contributed by atoms with Crippen molar-refractivity contribution in [1.29, 1.82) is 0 Å². The number of nitrogens with one attached hydrogen (secondary N) is 1. The molecule has 2 aromatic heterocycles. The molecule has 4 heterocycles. The van der Waals surface area contributed by atoms with E-state index in [1.54, 1.807) is 15.6 Å². The third-order valence-corrected chi connectivity index (χ3v) is 7.27. The van der Waals surface area contributed by atoms with E-state index in [-0.39, 0.29) is 17.9 Å². The van der Waals surface area contributed by atoms with Gasteiger partial charge in [-0.1, -0.05) is 6.07 Å². The van der Waals surface area contributed by atoms with Crippen LogP contribution in [0.25, 0.3) is 5.52 Å². The topological polar surface area (TPSA) is 70.0 Å². The number of aromatic nitrogens is 2. The molecule has 0 radical (unpaired) electrons. The molecular formula is C28H25F2N5O2. The summed E-state index contributed by atoms with van der Waals surface area (Å²) in [5.74, 6) is -1.25. The van der Waals surface area contributed by atoms with Gasteiger partial charge in [0.05, 0.1) is 23.3 Å². The van der Waals surface area contributed by atoms with E-state index in [0.717, 1.165) is 35.8 Å². The number of pyridine rings is 1. The average Bonchev–Trinajstić information content (AvgIpc) is 3.62. The average molecular weight is 502 g/mol. The first-order valence-electron chi connectivity index (χ1n) is 12.3. The van der Waals surface area contributed by atoms with Gasteiger partial charge in [0.15, 0.2) is 0 Å². The standard InChI is InChI=1S/C28H25F2N5O2/c1-17(36)33-11-8-18-4-6-20(14-26(18)33)32-28(37)23-16-31-35-12-9-21(15-27(23)35)34-10-2-3-25(34)22-13-19(29)5-7-24(22)30/h4-7,9,12-16,25H,2-3,8,10-11H2,1H3,(H,32,37)/t25-/m1/s1. The predicted molar refractivity (Wildman–Crippen MR) is 137 cm³/mol. The van der Waals surface area contributed by atoms with Gasteiger partial charge in [-0.15, -0.1) is 0 Å². The number of hydrogen-bond acceptors (Lipinski definition) is 4. The van der Waals surface area contributed by atoms with E-state index in [0.29, 0.717) is 41.8 Å².